The molecule has 0 aliphatic carbocycles. The quantitative estimate of drug-likeness (QED) is 0.322. The van der Waals surface area contributed by atoms with Gasteiger partial charge in [-0.25, -0.2) is 9.79 Å². The Labute approximate surface area is 108 Å². The summed E-state index contributed by atoms with van der Waals surface area (Å²) >= 11 is 0. The van der Waals surface area contributed by atoms with Gasteiger partial charge in [0.05, 0.1) is 24.5 Å². The maximum atomic E-state index is 11.8. The highest BCUT2D eigenvalue weighted by molar-refractivity contribution is 5.95. The fourth-order valence-corrected chi connectivity index (χ4v) is 1.31. The first-order chi connectivity index (χ1) is 8.79. The Bertz CT molecular complexity index is 402. The second-order valence-corrected chi connectivity index (χ2v) is 3.70. The minimum Gasteiger partial charge on any atom is -0.483 e. The van der Waals surface area contributed by atoms with Crippen molar-refractivity contribution in [2.45, 2.75) is 26.7 Å². The van der Waals surface area contributed by atoms with Gasteiger partial charge in [0, 0.05) is 0 Å². The zero-order chi connectivity index (χ0) is 13.2. The Morgan fingerprint density at radius 1 is 1.33 bits per heavy atom. The average molecular weight is 249 g/mol. The molecular weight excluding hydrogens is 230 g/mol. The zero-order valence-corrected chi connectivity index (χ0v) is 10.9. The van der Waals surface area contributed by atoms with Crippen molar-refractivity contribution in [3.8, 4) is 0 Å². The Morgan fingerprint density at radius 3 is 2.83 bits per heavy atom. The molecule has 0 radical (unpaired) electrons. The van der Waals surface area contributed by atoms with Crippen LogP contribution in [-0.2, 0) is 9.47 Å². The van der Waals surface area contributed by atoms with E-state index in [4.69, 9.17) is 9.47 Å². The molecule has 0 fully saturated rings. The van der Waals surface area contributed by atoms with Crippen LogP contribution in [0, 0.1) is 0 Å². The second kappa shape index (κ2) is 8.28. The van der Waals surface area contributed by atoms with Crippen LogP contribution in [0.1, 0.15) is 37.0 Å². The number of hydrogen-bond donors (Lipinski definition) is 0. The molecule has 0 aromatic heterocycles. The molecule has 0 unspecified atom stereocenters. The third kappa shape index (κ3) is 4.57. The van der Waals surface area contributed by atoms with Crippen molar-refractivity contribution in [2.75, 3.05) is 13.2 Å². The molecule has 1 aromatic rings. The summed E-state index contributed by atoms with van der Waals surface area (Å²) < 4.78 is 10.2. The van der Waals surface area contributed by atoms with Gasteiger partial charge in [0.15, 0.2) is 6.40 Å². The maximum Gasteiger partial charge on any atom is 0.340 e. The van der Waals surface area contributed by atoms with Gasteiger partial charge in [-0.3, -0.25) is 0 Å². The summed E-state index contributed by atoms with van der Waals surface area (Å²) in [5.74, 6) is -0.340. The Balaban J connectivity index is 2.71. The van der Waals surface area contributed by atoms with E-state index in [0.29, 0.717) is 24.5 Å². The van der Waals surface area contributed by atoms with Crippen LogP contribution in [0.2, 0.25) is 0 Å². The third-order valence-electron chi connectivity index (χ3n) is 2.29. The number of benzene rings is 1. The van der Waals surface area contributed by atoms with Gasteiger partial charge in [-0.05, 0) is 25.5 Å². The van der Waals surface area contributed by atoms with Gasteiger partial charge >= 0.3 is 5.97 Å². The smallest absolute Gasteiger partial charge is 0.340 e. The molecule has 0 amide bonds. The largest absolute Gasteiger partial charge is 0.483 e. The minimum atomic E-state index is -0.340. The summed E-state index contributed by atoms with van der Waals surface area (Å²) in [5, 5.41) is 0. The van der Waals surface area contributed by atoms with Crippen LogP contribution in [0.3, 0.4) is 0 Å². The summed E-state index contributed by atoms with van der Waals surface area (Å²) in [7, 11) is 0. The molecule has 0 spiro atoms. The lowest BCUT2D eigenvalue weighted by molar-refractivity contribution is 0.0501. The lowest BCUT2D eigenvalue weighted by atomic mass is 10.2. The van der Waals surface area contributed by atoms with E-state index in [1.807, 2.05) is 19.9 Å². The van der Waals surface area contributed by atoms with Gasteiger partial charge in [-0.1, -0.05) is 25.5 Å². The molecule has 4 heteroatoms. The predicted molar refractivity (Wildman–Crippen MR) is 71.4 cm³/mol. The number of rotatable bonds is 7. The summed E-state index contributed by atoms with van der Waals surface area (Å²) in [6, 6.07) is 7.07. The van der Waals surface area contributed by atoms with E-state index in [-0.39, 0.29) is 5.97 Å². The molecule has 18 heavy (non-hydrogen) atoms. The van der Waals surface area contributed by atoms with E-state index in [9.17, 15) is 4.79 Å². The van der Waals surface area contributed by atoms with Crippen LogP contribution < -0.4 is 0 Å². The first kappa shape index (κ1) is 14.2. The first-order valence-electron chi connectivity index (χ1n) is 6.19. The summed E-state index contributed by atoms with van der Waals surface area (Å²) in [5.41, 5.74) is 1.03. The minimum absolute atomic E-state index is 0.340. The highest BCUT2D eigenvalue weighted by Gasteiger charge is 2.11. The molecule has 0 bridgehead atoms. The van der Waals surface area contributed by atoms with Crippen molar-refractivity contribution in [1.29, 1.82) is 0 Å². The van der Waals surface area contributed by atoms with Crippen LogP contribution in [0.4, 0.5) is 5.69 Å². The van der Waals surface area contributed by atoms with Crippen molar-refractivity contribution in [2.24, 2.45) is 4.99 Å². The fraction of sp³-hybridized carbons (Fsp3) is 0.429. The number of nitrogens with zero attached hydrogens (tertiary/aromatic N) is 1. The van der Waals surface area contributed by atoms with E-state index in [2.05, 4.69) is 4.99 Å². The number of ether oxygens (including phenoxy) is 2. The molecule has 0 heterocycles. The number of aliphatic imine (C=N–C) groups is 1. The molecule has 98 valence electrons. The van der Waals surface area contributed by atoms with Gasteiger partial charge in [0.2, 0.25) is 0 Å². The van der Waals surface area contributed by atoms with Crippen molar-refractivity contribution in [3.63, 3.8) is 0 Å². The van der Waals surface area contributed by atoms with E-state index in [1.165, 1.54) is 6.40 Å². The molecule has 1 rings (SSSR count). The number of esters is 1. The number of unbranched alkanes of at least 4 members (excludes halogenated alkanes) is 1. The number of carbonyl (C=O) groups is 1. The van der Waals surface area contributed by atoms with Gasteiger partial charge < -0.3 is 9.47 Å². The van der Waals surface area contributed by atoms with Gasteiger partial charge in [-0.2, -0.15) is 0 Å². The molecular formula is C14H19NO3. The number of hydrogen-bond acceptors (Lipinski definition) is 4. The highest BCUT2D eigenvalue weighted by Crippen LogP contribution is 2.19. The third-order valence-corrected chi connectivity index (χ3v) is 2.29. The molecule has 0 saturated heterocycles. The van der Waals surface area contributed by atoms with Crippen LogP contribution in [0.25, 0.3) is 0 Å². The first-order valence-corrected chi connectivity index (χ1v) is 6.19. The van der Waals surface area contributed by atoms with Gasteiger partial charge in [0.1, 0.15) is 0 Å². The Hall–Kier alpha value is -1.84. The van der Waals surface area contributed by atoms with Crippen molar-refractivity contribution >= 4 is 18.1 Å². The van der Waals surface area contributed by atoms with E-state index >= 15 is 0 Å². The number of para-hydroxylation sites is 1. The molecule has 4 nitrogen and oxygen atoms in total. The normalized spacial score (nSPS) is 10.6. The Morgan fingerprint density at radius 2 is 2.11 bits per heavy atom. The summed E-state index contributed by atoms with van der Waals surface area (Å²) in [6.07, 6.45) is 3.21. The zero-order valence-electron chi connectivity index (χ0n) is 10.9. The Kier molecular flexibility index (Phi) is 6.54. The van der Waals surface area contributed by atoms with Gasteiger partial charge in [-0.15, -0.1) is 0 Å². The average Bonchev–Trinajstić information content (AvgIpc) is 2.40. The molecule has 0 aliphatic heterocycles. The topological polar surface area (TPSA) is 47.9 Å². The maximum absolute atomic E-state index is 11.8. The predicted octanol–water partition coefficient (Wildman–Crippen LogP) is 3.34. The molecule has 0 saturated carbocycles. The molecule has 1 aromatic carbocycles. The van der Waals surface area contributed by atoms with E-state index in [1.54, 1.807) is 18.2 Å². The summed E-state index contributed by atoms with van der Waals surface area (Å²) in [4.78, 5) is 15.9. The van der Waals surface area contributed by atoms with Gasteiger partial charge in [0.25, 0.3) is 0 Å². The van der Waals surface area contributed by atoms with Crippen molar-refractivity contribution < 1.29 is 14.3 Å². The van der Waals surface area contributed by atoms with Crippen molar-refractivity contribution in [1.82, 2.24) is 0 Å². The number of carbonyl (C=O) groups excluding carboxylic acids is 1. The second-order valence-electron chi connectivity index (χ2n) is 3.70. The standard InChI is InChI=1S/C14H19NO3/c1-3-5-10-18-14(16)12-8-6-7-9-13(12)15-11-17-4-2/h6-9,11H,3-5,10H2,1-2H3. The molecule has 0 N–H and O–H groups in total. The lowest BCUT2D eigenvalue weighted by Gasteiger charge is -2.06. The summed E-state index contributed by atoms with van der Waals surface area (Å²) in [6.45, 7) is 4.91. The van der Waals surface area contributed by atoms with E-state index < -0.39 is 0 Å². The molecule has 0 aliphatic rings. The van der Waals surface area contributed by atoms with Crippen molar-refractivity contribution in [3.05, 3.63) is 29.8 Å². The van der Waals surface area contributed by atoms with E-state index in [0.717, 1.165) is 12.8 Å². The fourth-order valence-electron chi connectivity index (χ4n) is 1.31. The monoisotopic (exact) mass is 249 g/mol. The van der Waals surface area contributed by atoms with Crippen LogP contribution in [0.5, 0.6) is 0 Å². The lowest BCUT2D eigenvalue weighted by Crippen LogP contribution is -2.06. The van der Waals surface area contributed by atoms with Crippen LogP contribution >= 0.6 is 0 Å². The van der Waals surface area contributed by atoms with Crippen LogP contribution in [0.15, 0.2) is 29.3 Å². The SMILES string of the molecule is CCCCOC(=O)c1ccccc1N=COCC. The highest BCUT2D eigenvalue weighted by atomic mass is 16.5. The molecule has 0 atom stereocenters. The van der Waals surface area contributed by atoms with Crippen LogP contribution in [-0.4, -0.2) is 25.6 Å².